The lowest BCUT2D eigenvalue weighted by Crippen LogP contribution is -1.77. The molecule has 0 atom stereocenters. The highest BCUT2D eigenvalue weighted by Gasteiger charge is 1.96. The zero-order valence-electron chi connectivity index (χ0n) is 8.14. The van der Waals surface area contributed by atoms with E-state index < -0.39 is 0 Å². The van der Waals surface area contributed by atoms with Gasteiger partial charge in [0.15, 0.2) is 5.82 Å². The van der Waals surface area contributed by atoms with Crippen molar-refractivity contribution in [3.8, 4) is 11.5 Å². The lowest BCUT2D eigenvalue weighted by molar-refractivity contribution is 1.26. The van der Waals surface area contributed by atoms with Crippen LogP contribution in [0.5, 0.6) is 0 Å². The summed E-state index contributed by atoms with van der Waals surface area (Å²) in [5, 5.41) is 0. The van der Waals surface area contributed by atoms with Crippen LogP contribution in [0.15, 0.2) is 55.2 Å². The van der Waals surface area contributed by atoms with Crippen LogP contribution < -0.4 is 0 Å². The highest BCUT2D eigenvalue weighted by molar-refractivity contribution is 5.48. The van der Waals surface area contributed by atoms with E-state index >= 15 is 0 Å². The summed E-state index contributed by atoms with van der Waals surface area (Å²) in [5.74, 6) is 0.880. The summed E-state index contributed by atoms with van der Waals surface area (Å²) in [6.45, 7) is 0. The second-order valence-electron chi connectivity index (χ2n) is 2.91. The zero-order valence-corrected chi connectivity index (χ0v) is 8.14. The summed E-state index contributed by atoms with van der Waals surface area (Å²) in [6.07, 6.45) is 9.16. The quantitative estimate of drug-likeness (QED) is 0.555. The summed E-state index contributed by atoms with van der Waals surface area (Å²) >= 11 is 0. The van der Waals surface area contributed by atoms with Crippen LogP contribution in [0.1, 0.15) is 0 Å². The second-order valence-corrected chi connectivity index (χ2v) is 2.91. The van der Waals surface area contributed by atoms with Gasteiger partial charge in [-0.15, -0.1) is 0 Å². The summed E-state index contributed by atoms with van der Waals surface area (Å²) < 4.78 is 0. The molecular formula is C11H12N4. The minimum Gasteiger partial charge on any atom is -0.368 e. The Balaban J connectivity index is 0.000000144. The van der Waals surface area contributed by atoms with Crippen LogP contribution in [0.2, 0.25) is 0 Å². The normalized spacial score (nSPS) is 9.33. The molecule has 3 rings (SSSR count). The average Bonchev–Trinajstić information content (AvgIpc) is 3.06. The first-order valence-electron chi connectivity index (χ1n) is 4.68. The minimum atomic E-state index is 0.880. The Hall–Kier alpha value is -2.23. The standard InChI is InChI=1S/C7H7N3.C4H5N/c1-2-6(8-3-1)7-9-4-5-10-7;1-2-4-5-3-1/h1-5,8H,(H,9,10);1-5H. The molecule has 4 nitrogen and oxygen atoms in total. The molecule has 0 aliphatic rings. The maximum atomic E-state index is 4.07. The highest BCUT2D eigenvalue weighted by atomic mass is 14.9. The van der Waals surface area contributed by atoms with Crippen molar-refractivity contribution in [2.45, 2.75) is 0 Å². The molecule has 0 radical (unpaired) electrons. The van der Waals surface area contributed by atoms with E-state index in [9.17, 15) is 0 Å². The topological polar surface area (TPSA) is 60.3 Å². The third-order valence-electron chi connectivity index (χ3n) is 1.85. The number of hydrogen-bond donors (Lipinski definition) is 3. The maximum Gasteiger partial charge on any atom is 0.153 e. The van der Waals surface area contributed by atoms with Crippen molar-refractivity contribution < 1.29 is 0 Å². The largest absolute Gasteiger partial charge is 0.368 e. The van der Waals surface area contributed by atoms with E-state index in [4.69, 9.17) is 0 Å². The molecule has 0 unspecified atom stereocenters. The third kappa shape index (κ3) is 2.60. The number of nitrogens with zero attached hydrogens (tertiary/aromatic N) is 1. The average molecular weight is 200 g/mol. The smallest absolute Gasteiger partial charge is 0.153 e. The predicted octanol–water partition coefficient (Wildman–Crippen LogP) is 2.42. The molecule has 0 aliphatic carbocycles. The monoisotopic (exact) mass is 200 g/mol. The van der Waals surface area contributed by atoms with Gasteiger partial charge in [0, 0.05) is 31.0 Å². The molecule has 0 saturated heterocycles. The van der Waals surface area contributed by atoms with Gasteiger partial charge in [-0.1, -0.05) is 0 Å². The van der Waals surface area contributed by atoms with Crippen LogP contribution in [0.4, 0.5) is 0 Å². The Labute approximate surface area is 87.4 Å². The molecule has 3 heterocycles. The Morgan fingerprint density at radius 3 is 2.20 bits per heavy atom. The molecule has 4 heteroatoms. The molecule has 0 saturated carbocycles. The molecule has 0 fully saturated rings. The maximum absolute atomic E-state index is 4.07. The van der Waals surface area contributed by atoms with Crippen molar-refractivity contribution in [1.29, 1.82) is 0 Å². The van der Waals surface area contributed by atoms with Gasteiger partial charge in [-0.25, -0.2) is 4.98 Å². The minimum absolute atomic E-state index is 0.880. The van der Waals surface area contributed by atoms with Crippen LogP contribution in [-0.2, 0) is 0 Å². The number of nitrogens with one attached hydrogen (secondary N) is 3. The molecular weight excluding hydrogens is 188 g/mol. The van der Waals surface area contributed by atoms with Gasteiger partial charge in [-0.2, -0.15) is 0 Å². The van der Waals surface area contributed by atoms with Crippen LogP contribution in [0, 0.1) is 0 Å². The summed E-state index contributed by atoms with van der Waals surface area (Å²) in [5.41, 5.74) is 1.02. The van der Waals surface area contributed by atoms with Gasteiger partial charge in [0.1, 0.15) is 0 Å². The van der Waals surface area contributed by atoms with Crippen LogP contribution >= 0.6 is 0 Å². The fourth-order valence-electron chi connectivity index (χ4n) is 1.17. The highest BCUT2D eigenvalue weighted by Crippen LogP contribution is 2.08. The first-order chi connectivity index (χ1) is 7.47. The Morgan fingerprint density at radius 1 is 0.867 bits per heavy atom. The lowest BCUT2D eigenvalue weighted by atomic mass is 10.4. The Bertz CT molecular complexity index is 387. The summed E-state index contributed by atoms with van der Waals surface area (Å²) in [4.78, 5) is 13.0. The van der Waals surface area contributed by atoms with Gasteiger partial charge >= 0.3 is 0 Å². The summed E-state index contributed by atoms with van der Waals surface area (Å²) in [7, 11) is 0. The molecule has 0 aliphatic heterocycles. The van der Waals surface area contributed by atoms with E-state index in [-0.39, 0.29) is 0 Å². The molecule has 0 aromatic carbocycles. The van der Waals surface area contributed by atoms with E-state index in [1.807, 2.05) is 42.9 Å². The molecule has 3 aromatic rings. The van der Waals surface area contributed by atoms with E-state index in [1.54, 1.807) is 12.4 Å². The molecule has 0 bridgehead atoms. The predicted molar refractivity (Wildman–Crippen MR) is 59.2 cm³/mol. The van der Waals surface area contributed by atoms with Gasteiger partial charge in [0.05, 0.1) is 5.69 Å². The van der Waals surface area contributed by atoms with Crippen molar-refractivity contribution in [3.63, 3.8) is 0 Å². The molecule has 15 heavy (non-hydrogen) atoms. The first kappa shape index (κ1) is 9.33. The fourth-order valence-corrected chi connectivity index (χ4v) is 1.17. The number of H-pyrrole nitrogens is 3. The van der Waals surface area contributed by atoms with Gasteiger partial charge < -0.3 is 15.0 Å². The summed E-state index contributed by atoms with van der Waals surface area (Å²) in [6, 6.07) is 7.80. The zero-order chi connectivity index (χ0) is 10.3. The number of aromatic nitrogens is 4. The SMILES string of the molecule is c1c[nH]c(-c2ncc[nH]2)c1.c1cc[nH]c1. The molecule has 76 valence electrons. The molecule has 3 N–H and O–H groups in total. The lowest BCUT2D eigenvalue weighted by Gasteiger charge is -1.86. The van der Waals surface area contributed by atoms with Gasteiger partial charge in [0.2, 0.25) is 0 Å². The second kappa shape index (κ2) is 4.85. The number of imidazole rings is 1. The van der Waals surface area contributed by atoms with Crippen molar-refractivity contribution >= 4 is 0 Å². The molecule has 3 aromatic heterocycles. The van der Waals surface area contributed by atoms with Gasteiger partial charge in [-0.3, -0.25) is 0 Å². The van der Waals surface area contributed by atoms with Crippen LogP contribution in [-0.4, -0.2) is 19.9 Å². The van der Waals surface area contributed by atoms with E-state index in [0.717, 1.165) is 11.5 Å². The Kier molecular flexibility index (Phi) is 3.02. The molecule has 0 amide bonds. The van der Waals surface area contributed by atoms with E-state index in [0.29, 0.717) is 0 Å². The van der Waals surface area contributed by atoms with E-state index in [2.05, 4.69) is 19.9 Å². The van der Waals surface area contributed by atoms with Crippen molar-refractivity contribution in [3.05, 3.63) is 55.2 Å². The Morgan fingerprint density at radius 2 is 1.73 bits per heavy atom. The number of hydrogen-bond acceptors (Lipinski definition) is 1. The van der Waals surface area contributed by atoms with Gasteiger partial charge in [-0.05, 0) is 24.3 Å². The van der Waals surface area contributed by atoms with Crippen molar-refractivity contribution in [2.24, 2.45) is 0 Å². The van der Waals surface area contributed by atoms with Gasteiger partial charge in [0.25, 0.3) is 0 Å². The van der Waals surface area contributed by atoms with Crippen LogP contribution in [0.3, 0.4) is 0 Å². The number of aromatic amines is 3. The molecule has 0 spiro atoms. The van der Waals surface area contributed by atoms with Crippen LogP contribution in [0.25, 0.3) is 11.5 Å². The third-order valence-corrected chi connectivity index (χ3v) is 1.85. The van der Waals surface area contributed by atoms with Crippen molar-refractivity contribution in [1.82, 2.24) is 19.9 Å². The van der Waals surface area contributed by atoms with E-state index in [1.165, 1.54) is 0 Å². The first-order valence-corrected chi connectivity index (χ1v) is 4.68. The fraction of sp³-hybridized carbons (Fsp3) is 0. The van der Waals surface area contributed by atoms with Crippen molar-refractivity contribution in [2.75, 3.05) is 0 Å². The number of rotatable bonds is 1.